The summed E-state index contributed by atoms with van der Waals surface area (Å²) >= 11 is 6.69. The van der Waals surface area contributed by atoms with Crippen LogP contribution in [0, 0.1) is 0 Å². The van der Waals surface area contributed by atoms with Gasteiger partial charge in [0.15, 0.2) is 11.6 Å². The minimum Gasteiger partial charge on any atom is -0.497 e. The molecule has 0 atom stereocenters. The molecule has 0 aromatic heterocycles. The topological polar surface area (TPSA) is 52.6 Å². The van der Waals surface area contributed by atoms with Gasteiger partial charge in [-0.2, -0.15) is 0 Å². The SMILES string of the molecule is COc1ccc(/C=C/C(=O)c2ccc(Br)cc2)cc1.COc1ccc(/C=C/C(=O)c2ccc(Br)cc2)cc1. The number of allylic oxidation sites excluding steroid dienone is 2. The second-order valence-electron chi connectivity index (χ2n) is 7.96. The highest BCUT2D eigenvalue weighted by molar-refractivity contribution is 9.10. The summed E-state index contributed by atoms with van der Waals surface area (Å²) < 4.78 is 12.1. The zero-order valence-electron chi connectivity index (χ0n) is 20.9. The third kappa shape index (κ3) is 9.29. The fourth-order valence-electron chi connectivity index (χ4n) is 3.19. The van der Waals surface area contributed by atoms with Crippen LogP contribution in [0.5, 0.6) is 11.5 Å². The van der Waals surface area contributed by atoms with Crippen molar-refractivity contribution in [1.29, 1.82) is 0 Å². The number of carbonyl (C=O) groups excluding carboxylic acids is 2. The molecule has 38 heavy (non-hydrogen) atoms. The maximum atomic E-state index is 11.9. The summed E-state index contributed by atoms with van der Waals surface area (Å²) in [5.41, 5.74) is 3.28. The minimum absolute atomic E-state index is 0.0108. The number of benzene rings is 4. The molecule has 0 aliphatic rings. The van der Waals surface area contributed by atoms with Crippen molar-refractivity contribution in [3.8, 4) is 11.5 Å². The number of methoxy groups -OCH3 is 2. The molecule has 0 spiro atoms. The van der Waals surface area contributed by atoms with E-state index in [1.807, 2.05) is 72.8 Å². The Morgan fingerprint density at radius 1 is 0.526 bits per heavy atom. The summed E-state index contributed by atoms with van der Waals surface area (Å²) in [5.74, 6) is 1.58. The highest BCUT2D eigenvalue weighted by Crippen LogP contribution is 2.16. The molecule has 0 aliphatic carbocycles. The lowest BCUT2D eigenvalue weighted by Crippen LogP contribution is -1.93. The first-order chi connectivity index (χ1) is 18.4. The molecule has 0 N–H and O–H groups in total. The summed E-state index contributed by atoms with van der Waals surface area (Å²) in [4.78, 5) is 23.9. The van der Waals surface area contributed by atoms with E-state index in [-0.39, 0.29) is 11.6 Å². The van der Waals surface area contributed by atoms with Crippen molar-refractivity contribution in [3.05, 3.63) is 140 Å². The Balaban J connectivity index is 0.000000211. The molecule has 0 aliphatic heterocycles. The number of ketones is 2. The van der Waals surface area contributed by atoms with Crippen LogP contribution in [-0.4, -0.2) is 25.8 Å². The first kappa shape index (κ1) is 28.8. The van der Waals surface area contributed by atoms with Gasteiger partial charge in [-0.1, -0.05) is 68.3 Å². The number of hydrogen-bond donors (Lipinski definition) is 0. The monoisotopic (exact) mass is 632 g/mol. The number of rotatable bonds is 8. The third-order valence-corrected chi connectivity index (χ3v) is 6.40. The number of ether oxygens (including phenoxy) is 2. The quantitative estimate of drug-likeness (QED) is 0.144. The molecule has 4 rings (SSSR count). The van der Waals surface area contributed by atoms with Crippen LogP contribution in [0.3, 0.4) is 0 Å². The lowest BCUT2D eigenvalue weighted by Gasteiger charge is -1.99. The second kappa shape index (κ2) is 14.9. The molecule has 4 aromatic rings. The second-order valence-corrected chi connectivity index (χ2v) is 9.79. The first-order valence-corrected chi connectivity index (χ1v) is 13.2. The normalized spacial score (nSPS) is 10.6. The van der Waals surface area contributed by atoms with Crippen molar-refractivity contribution in [2.45, 2.75) is 0 Å². The molecule has 0 unspecified atom stereocenters. The maximum absolute atomic E-state index is 11.9. The minimum atomic E-state index is -0.0108. The van der Waals surface area contributed by atoms with E-state index < -0.39 is 0 Å². The molecule has 0 saturated heterocycles. The van der Waals surface area contributed by atoms with Crippen LogP contribution in [0.1, 0.15) is 31.8 Å². The summed E-state index contributed by atoms with van der Waals surface area (Å²) in [6, 6.07) is 29.7. The van der Waals surface area contributed by atoms with Crippen LogP contribution in [-0.2, 0) is 0 Å². The van der Waals surface area contributed by atoms with E-state index in [1.165, 1.54) is 0 Å². The van der Waals surface area contributed by atoms with E-state index in [9.17, 15) is 9.59 Å². The Morgan fingerprint density at radius 2 is 0.842 bits per heavy atom. The van der Waals surface area contributed by atoms with Crippen molar-refractivity contribution in [1.82, 2.24) is 0 Å². The van der Waals surface area contributed by atoms with E-state index in [1.54, 1.807) is 62.8 Å². The molecule has 0 bridgehead atoms. The average molecular weight is 634 g/mol. The van der Waals surface area contributed by atoms with Gasteiger partial charge in [-0.15, -0.1) is 0 Å². The average Bonchev–Trinajstić information content (AvgIpc) is 2.96. The molecule has 0 amide bonds. The van der Waals surface area contributed by atoms with Gasteiger partial charge in [-0.25, -0.2) is 0 Å². The van der Waals surface area contributed by atoms with Crippen LogP contribution < -0.4 is 9.47 Å². The zero-order chi connectivity index (χ0) is 27.3. The molecule has 0 fully saturated rings. The van der Waals surface area contributed by atoms with E-state index >= 15 is 0 Å². The molecule has 4 nitrogen and oxygen atoms in total. The largest absolute Gasteiger partial charge is 0.497 e. The number of halogens is 2. The van der Waals surface area contributed by atoms with E-state index in [2.05, 4.69) is 31.9 Å². The molecular formula is C32H26Br2O4. The van der Waals surface area contributed by atoms with Gasteiger partial charge in [-0.05, 0) is 96.1 Å². The highest BCUT2D eigenvalue weighted by Gasteiger charge is 2.02. The lowest BCUT2D eigenvalue weighted by atomic mass is 10.1. The van der Waals surface area contributed by atoms with Gasteiger partial charge in [-0.3, -0.25) is 9.59 Å². The van der Waals surface area contributed by atoms with Gasteiger partial charge < -0.3 is 9.47 Å². The predicted molar refractivity (Wildman–Crippen MR) is 161 cm³/mol. The van der Waals surface area contributed by atoms with Crippen molar-refractivity contribution >= 4 is 55.6 Å². The fraction of sp³-hybridized carbons (Fsp3) is 0.0625. The van der Waals surface area contributed by atoms with E-state index in [0.717, 1.165) is 31.6 Å². The zero-order valence-corrected chi connectivity index (χ0v) is 24.1. The Hall–Kier alpha value is -3.74. The number of carbonyl (C=O) groups is 2. The van der Waals surface area contributed by atoms with Crippen LogP contribution in [0.4, 0.5) is 0 Å². The predicted octanol–water partition coefficient (Wildman–Crippen LogP) is 8.71. The Labute approximate surface area is 239 Å². The van der Waals surface area contributed by atoms with Crippen molar-refractivity contribution in [3.63, 3.8) is 0 Å². The maximum Gasteiger partial charge on any atom is 0.185 e. The van der Waals surface area contributed by atoms with Gasteiger partial charge in [0.05, 0.1) is 14.2 Å². The molecule has 6 heteroatoms. The highest BCUT2D eigenvalue weighted by atomic mass is 79.9. The standard InChI is InChI=1S/2C16H13BrO2/c2*1-19-15-9-2-12(3-10-15)4-11-16(18)13-5-7-14(17)8-6-13/h2*2-11H,1H3/b2*11-4+. The summed E-state index contributed by atoms with van der Waals surface area (Å²) in [6.07, 6.45) is 6.74. The van der Waals surface area contributed by atoms with Crippen LogP contribution in [0.2, 0.25) is 0 Å². The van der Waals surface area contributed by atoms with Crippen LogP contribution >= 0.6 is 31.9 Å². The summed E-state index contributed by atoms with van der Waals surface area (Å²) in [5, 5.41) is 0. The Bertz CT molecular complexity index is 1280. The van der Waals surface area contributed by atoms with E-state index in [4.69, 9.17) is 9.47 Å². The molecule has 0 heterocycles. The third-order valence-electron chi connectivity index (χ3n) is 5.34. The van der Waals surface area contributed by atoms with Crippen molar-refractivity contribution < 1.29 is 19.1 Å². The van der Waals surface area contributed by atoms with Gasteiger partial charge in [0, 0.05) is 20.1 Å². The van der Waals surface area contributed by atoms with Crippen LogP contribution in [0.25, 0.3) is 12.2 Å². The smallest absolute Gasteiger partial charge is 0.185 e. The Morgan fingerprint density at radius 3 is 1.13 bits per heavy atom. The van der Waals surface area contributed by atoms with Crippen LogP contribution in [0.15, 0.2) is 118 Å². The summed E-state index contributed by atoms with van der Waals surface area (Å²) in [6.45, 7) is 0. The van der Waals surface area contributed by atoms with Gasteiger partial charge in [0.2, 0.25) is 0 Å². The summed E-state index contributed by atoms with van der Waals surface area (Å²) in [7, 11) is 3.25. The fourth-order valence-corrected chi connectivity index (χ4v) is 3.72. The molecule has 0 saturated carbocycles. The van der Waals surface area contributed by atoms with Crippen molar-refractivity contribution in [2.24, 2.45) is 0 Å². The molecule has 0 radical (unpaired) electrons. The van der Waals surface area contributed by atoms with Gasteiger partial charge >= 0.3 is 0 Å². The van der Waals surface area contributed by atoms with Gasteiger partial charge in [0.25, 0.3) is 0 Å². The molecule has 4 aromatic carbocycles. The van der Waals surface area contributed by atoms with E-state index in [0.29, 0.717) is 11.1 Å². The first-order valence-electron chi connectivity index (χ1n) is 11.6. The molecule has 192 valence electrons. The molecular weight excluding hydrogens is 608 g/mol. The Kier molecular flexibility index (Phi) is 11.3. The number of hydrogen-bond acceptors (Lipinski definition) is 4. The van der Waals surface area contributed by atoms with Gasteiger partial charge in [0.1, 0.15) is 11.5 Å². The van der Waals surface area contributed by atoms with Crippen molar-refractivity contribution in [2.75, 3.05) is 14.2 Å². The lowest BCUT2D eigenvalue weighted by molar-refractivity contribution is 0.103.